The highest BCUT2D eigenvalue weighted by atomic mass is 16.5. The Labute approximate surface area is 111 Å². The van der Waals surface area contributed by atoms with Gasteiger partial charge in [-0.2, -0.15) is 4.98 Å². The van der Waals surface area contributed by atoms with Crippen LogP contribution in [0.2, 0.25) is 0 Å². The van der Waals surface area contributed by atoms with Crippen molar-refractivity contribution in [2.75, 3.05) is 6.54 Å². The van der Waals surface area contributed by atoms with Gasteiger partial charge >= 0.3 is 0 Å². The summed E-state index contributed by atoms with van der Waals surface area (Å²) >= 11 is 0. The van der Waals surface area contributed by atoms with Crippen LogP contribution in [-0.4, -0.2) is 26.7 Å². The summed E-state index contributed by atoms with van der Waals surface area (Å²) in [4.78, 5) is 6.83. The van der Waals surface area contributed by atoms with Crippen molar-refractivity contribution < 1.29 is 9.05 Å². The van der Waals surface area contributed by atoms with Gasteiger partial charge in [-0.3, -0.25) is 4.90 Å². The molecule has 0 aromatic carbocycles. The molecule has 1 aliphatic heterocycles. The molecule has 19 heavy (non-hydrogen) atoms. The minimum atomic E-state index is 0.230. The molecule has 1 fully saturated rings. The Balaban J connectivity index is 1.74. The largest absolute Gasteiger partial charge is 0.364 e. The normalized spacial score (nSPS) is 20.5. The van der Waals surface area contributed by atoms with Crippen molar-refractivity contribution in [1.29, 1.82) is 0 Å². The molecule has 102 valence electrons. The van der Waals surface area contributed by atoms with Gasteiger partial charge in [-0.25, -0.2) is 0 Å². The van der Waals surface area contributed by atoms with E-state index >= 15 is 0 Å². The van der Waals surface area contributed by atoms with Crippen LogP contribution < -0.4 is 0 Å². The van der Waals surface area contributed by atoms with E-state index in [9.17, 15) is 0 Å². The second-order valence-corrected chi connectivity index (χ2v) is 5.26. The van der Waals surface area contributed by atoms with Crippen molar-refractivity contribution in [3.8, 4) is 0 Å². The highest BCUT2D eigenvalue weighted by molar-refractivity contribution is 5.03. The molecule has 0 saturated carbocycles. The molecule has 3 rings (SSSR count). The lowest BCUT2D eigenvalue weighted by Gasteiger charge is -2.20. The van der Waals surface area contributed by atoms with E-state index in [0.717, 1.165) is 37.4 Å². The molecule has 1 aliphatic rings. The Kier molecular flexibility index (Phi) is 3.33. The van der Waals surface area contributed by atoms with E-state index in [4.69, 9.17) is 9.05 Å². The fraction of sp³-hybridized carbons (Fsp3) is 0.615. The third kappa shape index (κ3) is 2.53. The number of aromatic nitrogens is 3. The van der Waals surface area contributed by atoms with Crippen molar-refractivity contribution in [3.05, 3.63) is 29.7 Å². The van der Waals surface area contributed by atoms with Crippen molar-refractivity contribution in [3.63, 3.8) is 0 Å². The van der Waals surface area contributed by atoms with E-state index in [2.05, 4.69) is 34.0 Å². The van der Waals surface area contributed by atoms with Gasteiger partial charge in [0.2, 0.25) is 5.89 Å². The molecule has 3 heterocycles. The van der Waals surface area contributed by atoms with Crippen LogP contribution in [0.5, 0.6) is 0 Å². The zero-order valence-electron chi connectivity index (χ0n) is 11.2. The quantitative estimate of drug-likeness (QED) is 0.843. The second-order valence-electron chi connectivity index (χ2n) is 5.26. The van der Waals surface area contributed by atoms with Gasteiger partial charge in [-0.1, -0.05) is 24.2 Å². The first-order valence-corrected chi connectivity index (χ1v) is 6.71. The van der Waals surface area contributed by atoms with E-state index in [1.807, 2.05) is 6.07 Å². The van der Waals surface area contributed by atoms with Gasteiger partial charge in [0.15, 0.2) is 5.82 Å². The van der Waals surface area contributed by atoms with Crippen LogP contribution in [0.4, 0.5) is 0 Å². The van der Waals surface area contributed by atoms with E-state index in [0.29, 0.717) is 5.89 Å². The lowest BCUT2D eigenvalue weighted by atomic mass is 10.2. The van der Waals surface area contributed by atoms with E-state index in [1.165, 1.54) is 0 Å². The molecule has 6 nitrogen and oxygen atoms in total. The number of hydrogen-bond donors (Lipinski definition) is 0. The van der Waals surface area contributed by atoms with E-state index in [-0.39, 0.29) is 12.0 Å². The van der Waals surface area contributed by atoms with Crippen LogP contribution in [0, 0.1) is 0 Å². The summed E-state index contributed by atoms with van der Waals surface area (Å²) in [6, 6.07) is 2.12. The third-order valence-electron chi connectivity index (χ3n) is 3.47. The fourth-order valence-corrected chi connectivity index (χ4v) is 2.45. The minimum absolute atomic E-state index is 0.230. The van der Waals surface area contributed by atoms with E-state index in [1.54, 1.807) is 6.26 Å². The maximum Gasteiger partial charge on any atom is 0.229 e. The van der Waals surface area contributed by atoms with Gasteiger partial charge in [-0.15, -0.1) is 0 Å². The molecule has 0 spiro atoms. The summed E-state index contributed by atoms with van der Waals surface area (Å²) in [6.45, 7) is 5.91. The summed E-state index contributed by atoms with van der Waals surface area (Å²) in [5, 5.41) is 8.09. The van der Waals surface area contributed by atoms with Crippen LogP contribution in [0.25, 0.3) is 0 Å². The van der Waals surface area contributed by atoms with Gasteiger partial charge < -0.3 is 9.05 Å². The molecule has 6 heteroatoms. The minimum Gasteiger partial charge on any atom is -0.364 e. The summed E-state index contributed by atoms with van der Waals surface area (Å²) in [6.07, 6.45) is 3.81. The van der Waals surface area contributed by atoms with Crippen molar-refractivity contribution in [1.82, 2.24) is 20.2 Å². The van der Waals surface area contributed by atoms with Crippen molar-refractivity contribution >= 4 is 0 Å². The summed E-state index contributed by atoms with van der Waals surface area (Å²) in [7, 11) is 0. The molecule has 2 aromatic rings. The lowest BCUT2D eigenvalue weighted by molar-refractivity contribution is 0.227. The van der Waals surface area contributed by atoms with Crippen molar-refractivity contribution in [2.24, 2.45) is 0 Å². The molecule has 0 radical (unpaired) electrons. The molecule has 1 saturated heterocycles. The molecule has 0 unspecified atom stereocenters. The monoisotopic (exact) mass is 262 g/mol. The predicted molar refractivity (Wildman–Crippen MR) is 67.3 cm³/mol. The van der Waals surface area contributed by atoms with Gasteiger partial charge in [0.1, 0.15) is 6.26 Å². The summed E-state index contributed by atoms with van der Waals surface area (Å²) in [5.74, 6) is 1.78. The molecule has 2 aromatic heterocycles. The average molecular weight is 262 g/mol. The lowest BCUT2D eigenvalue weighted by Crippen LogP contribution is -2.23. The number of rotatable bonds is 4. The standard InChI is InChI=1S/C13H18N4O2/c1-9(2)13-14-12(16-19-13)11-4-3-6-17(11)8-10-5-7-18-15-10/h5,7,9,11H,3-4,6,8H2,1-2H3/t11-/m1/s1. The molecule has 0 N–H and O–H groups in total. The van der Waals surface area contributed by atoms with Gasteiger partial charge in [-0.05, 0) is 19.4 Å². The Morgan fingerprint density at radius 2 is 2.32 bits per heavy atom. The predicted octanol–water partition coefficient (Wildman–Crippen LogP) is 2.52. The summed E-state index contributed by atoms with van der Waals surface area (Å²) < 4.78 is 10.2. The first kappa shape index (κ1) is 12.3. The maximum atomic E-state index is 5.30. The molecule has 0 amide bonds. The summed E-state index contributed by atoms with van der Waals surface area (Å²) in [5.41, 5.74) is 0.944. The Bertz CT molecular complexity index is 520. The topological polar surface area (TPSA) is 68.2 Å². The second kappa shape index (κ2) is 5.13. The van der Waals surface area contributed by atoms with Crippen LogP contribution in [0.15, 0.2) is 21.4 Å². The zero-order valence-corrected chi connectivity index (χ0v) is 11.2. The Morgan fingerprint density at radius 1 is 1.42 bits per heavy atom. The van der Waals surface area contributed by atoms with Gasteiger partial charge in [0.05, 0.1) is 11.7 Å². The maximum absolute atomic E-state index is 5.30. The smallest absolute Gasteiger partial charge is 0.229 e. The van der Waals surface area contributed by atoms with Crippen LogP contribution in [0.3, 0.4) is 0 Å². The highest BCUT2D eigenvalue weighted by Gasteiger charge is 2.30. The SMILES string of the molecule is CC(C)c1nc([C@H]2CCCN2Cc2ccon2)no1. The van der Waals surface area contributed by atoms with Crippen LogP contribution in [0.1, 0.15) is 56.1 Å². The fourth-order valence-electron chi connectivity index (χ4n) is 2.45. The van der Waals surface area contributed by atoms with Gasteiger partial charge in [0.25, 0.3) is 0 Å². The molecule has 0 aliphatic carbocycles. The first-order chi connectivity index (χ1) is 9.24. The first-order valence-electron chi connectivity index (χ1n) is 6.71. The Morgan fingerprint density at radius 3 is 3.00 bits per heavy atom. The van der Waals surface area contributed by atoms with E-state index < -0.39 is 0 Å². The van der Waals surface area contributed by atoms with Crippen LogP contribution in [-0.2, 0) is 6.54 Å². The molecular formula is C13H18N4O2. The molecule has 1 atom stereocenters. The highest BCUT2D eigenvalue weighted by Crippen LogP contribution is 2.31. The van der Waals surface area contributed by atoms with Crippen LogP contribution >= 0.6 is 0 Å². The molecule has 0 bridgehead atoms. The molecular weight excluding hydrogens is 244 g/mol. The Hall–Kier alpha value is -1.69. The van der Waals surface area contributed by atoms with Crippen molar-refractivity contribution in [2.45, 2.75) is 45.2 Å². The number of nitrogens with zero attached hydrogens (tertiary/aromatic N) is 4. The number of likely N-dealkylation sites (tertiary alicyclic amines) is 1. The average Bonchev–Trinajstić information content (AvgIpc) is 3.09. The van der Waals surface area contributed by atoms with Gasteiger partial charge in [0, 0.05) is 18.5 Å². The zero-order chi connectivity index (χ0) is 13.2. The third-order valence-corrected chi connectivity index (χ3v) is 3.47. The number of hydrogen-bond acceptors (Lipinski definition) is 6.